The fourth-order valence-corrected chi connectivity index (χ4v) is 3.77. The van der Waals surface area contributed by atoms with Gasteiger partial charge >= 0.3 is 0 Å². The maximum atomic E-state index is 12.5. The number of morpholine rings is 1. The minimum atomic E-state index is -3.68. The number of aromatic amines is 1. The van der Waals surface area contributed by atoms with Gasteiger partial charge in [-0.3, -0.25) is 5.10 Å². The third-order valence-electron chi connectivity index (χ3n) is 3.05. The summed E-state index contributed by atoms with van der Waals surface area (Å²) in [5.41, 5.74) is 0.894. The van der Waals surface area contributed by atoms with E-state index in [1.54, 1.807) is 13.8 Å². The second-order valence-corrected chi connectivity index (χ2v) is 6.14. The summed E-state index contributed by atoms with van der Waals surface area (Å²) in [5, 5.41) is 15.6. The lowest BCUT2D eigenvalue weighted by molar-refractivity contribution is 0.0391. The molecule has 0 saturated carbocycles. The molecular weight excluding hydrogens is 258 g/mol. The minimum Gasteiger partial charge on any atom is -0.392 e. The van der Waals surface area contributed by atoms with Crippen LogP contribution < -0.4 is 0 Å². The number of sulfonamides is 1. The summed E-state index contributed by atoms with van der Waals surface area (Å²) in [7, 11) is -3.68. The Labute approximate surface area is 106 Å². The van der Waals surface area contributed by atoms with Crippen LogP contribution in [0.3, 0.4) is 0 Å². The fraction of sp³-hybridized carbons (Fsp3) is 0.700. The smallest absolute Gasteiger partial charge is 0.263 e. The van der Waals surface area contributed by atoms with Gasteiger partial charge in [-0.25, -0.2) is 8.42 Å². The molecule has 1 aliphatic heterocycles. The summed E-state index contributed by atoms with van der Waals surface area (Å²) in [6.45, 7) is 4.17. The number of hydrogen-bond acceptors (Lipinski definition) is 5. The Morgan fingerprint density at radius 3 is 2.94 bits per heavy atom. The predicted molar refractivity (Wildman–Crippen MR) is 63.4 cm³/mol. The number of aliphatic hydroxyl groups excluding tert-OH is 1. The number of aromatic nitrogens is 2. The van der Waals surface area contributed by atoms with Crippen LogP contribution in [0.15, 0.2) is 5.03 Å². The van der Waals surface area contributed by atoms with Crippen molar-refractivity contribution in [2.75, 3.05) is 19.8 Å². The van der Waals surface area contributed by atoms with Gasteiger partial charge in [0.15, 0.2) is 5.03 Å². The Hall–Kier alpha value is -0.960. The zero-order valence-electron chi connectivity index (χ0n) is 10.4. The van der Waals surface area contributed by atoms with Gasteiger partial charge in [0, 0.05) is 23.8 Å². The number of hydrogen-bond donors (Lipinski definition) is 2. The van der Waals surface area contributed by atoms with Crippen molar-refractivity contribution in [1.29, 1.82) is 0 Å². The quantitative estimate of drug-likeness (QED) is 0.784. The first-order chi connectivity index (χ1) is 8.48. The average molecular weight is 275 g/mol. The maximum absolute atomic E-state index is 12.5. The lowest BCUT2D eigenvalue weighted by Gasteiger charge is -2.31. The van der Waals surface area contributed by atoms with Crippen LogP contribution in [0.4, 0.5) is 0 Å². The highest BCUT2D eigenvalue weighted by Gasteiger charge is 2.35. The van der Waals surface area contributed by atoms with E-state index in [9.17, 15) is 13.5 Å². The molecule has 7 nitrogen and oxygen atoms in total. The monoisotopic (exact) mass is 275 g/mol. The predicted octanol–water partition coefficient (Wildman–Crippen LogP) is -0.380. The van der Waals surface area contributed by atoms with E-state index in [1.807, 2.05) is 0 Å². The Balaban J connectivity index is 2.41. The third-order valence-corrected chi connectivity index (χ3v) is 5.04. The molecular formula is C10H17N3O4S. The van der Waals surface area contributed by atoms with Crippen molar-refractivity contribution in [1.82, 2.24) is 14.5 Å². The van der Waals surface area contributed by atoms with Gasteiger partial charge < -0.3 is 9.84 Å². The topological polar surface area (TPSA) is 95.5 Å². The Morgan fingerprint density at radius 2 is 2.33 bits per heavy atom. The van der Waals surface area contributed by atoms with Crippen molar-refractivity contribution in [3.8, 4) is 0 Å². The van der Waals surface area contributed by atoms with E-state index in [0.717, 1.165) is 0 Å². The van der Waals surface area contributed by atoms with E-state index in [-0.39, 0.29) is 17.7 Å². The van der Waals surface area contributed by atoms with Crippen molar-refractivity contribution >= 4 is 10.0 Å². The summed E-state index contributed by atoms with van der Waals surface area (Å²) >= 11 is 0. The largest absolute Gasteiger partial charge is 0.392 e. The van der Waals surface area contributed by atoms with Gasteiger partial charge in [0.05, 0.1) is 19.8 Å². The maximum Gasteiger partial charge on any atom is 0.263 e. The van der Waals surface area contributed by atoms with Crippen LogP contribution in [0.25, 0.3) is 0 Å². The number of aliphatic hydroxyl groups is 1. The molecule has 1 atom stereocenters. The van der Waals surface area contributed by atoms with E-state index in [1.165, 1.54) is 4.31 Å². The summed E-state index contributed by atoms with van der Waals surface area (Å²) in [5.74, 6) is 0. The molecule has 0 amide bonds. The molecule has 2 N–H and O–H groups in total. The standard InChI is InChI=1S/C10H17N3O4S/c1-7-6-17-4-3-13(7)18(15,16)10-9(5-14)8(2)11-12-10/h7,14H,3-6H2,1-2H3,(H,11,12). The average Bonchev–Trinajstić information content (AvgIpc) is 2.71. The van der Waals surface area contributed by atoms with Crippen LogP contribution in [-0.2, 0) is 21.4 Å². The zero-order valence-corrected chi connectivity index (χ0v) is 11.2. The summed E-state index contributed by atoms with van der Waals surface area (Å²) in [4.78, 5) is 0. The number of nitrogens with zero attached hydrogens (tertiary/aromatic N) is 2. The molecule has 8 heteroatoms. The Morgan fingerprint density at radius 1 is 1.61 bits per heavy atom. The van der Waals surface area contributed by atoms with E-state index in [0.29, 0.717) is 31.0 Å². The molecule has 0 aromatic carbocycles. The molecule has 1 aliphatic rings. The Bertz CT molecular complexity index is 525. The van der Waals surface area contributed by atoms with Gasteiger partial charge in [-0.2, -0.15) is 9.40 Å². The van der Waals surface area contributed by atoms with Crippen LogP contribution in [0.1, 0.15) is 18.2 Å². The van der Waals surface area contributed by atoms with Crippen LogP contribution >= 0.6 is 0 Å². The van der Waals surface area contributed by atoms with Crippen molar-refractivity contribution in [2.24, 2.45) is 0 Å². The van der Waals surface area contributed by atoms with Gasteiger partial charge in [-0.05, 0) is 13.8 Å². The second-order valence-electron chi connectivity index (χ2n) is 4.33. The van der Waals surface area contributed by atoms with Crippen molar-refractivity contribution in [3.05, 3.63) is 11.3 Å². The van der Waals surface area contributed by atoms with Crippen molar-refractivity contribution in [3.63, 3.8) is 0 Å². The molecule has 102 valence electrons. The third kappa shape index (κ3) is 2.16. The molecule has 1 aromatic rings. The second kappa shape index (κ2) is 4.96. The first-order valence-corrected chi connectivity index (χ1v) is 7.16. The molecule has 1 aromatic heterocycles. The van der Waals surface area contributed by atoms with E-state index >= 15 is 0 Å². The highest BCUT2D eigenvalue weighted by atomic mass is 32.2. The van der Waals surface area contributed by atoms with Gasteiger partial charge in [0.1, 0.15) is 0 Å². The molecule has 18 heavy (non-hydrogen) atoms. The highest BCUT2D eigenvalue weighted by Crippen LogP contribution is 2.23. The fourth-order valence-electron chi connectivity index (χ4n) is 2.01. The molecule has 2 heterocycles. The van der Waals surface area contributed by atoms with Gasteiger partial charge in [0.2, 0.25) is 0 Å². The molecule has 1 saturated heterocycles. The molecule has 1 unspecified atom stereocenters. The SMILES string of the molecule is Cc1[nH]nc(S(=O)(=O)N2CCOCC2C)c1CO. The highest BCUT2D eigenvalue weighted by molar-refractivity contribution is 7.89. The van der Waals surface area contributed by atoms with E-state index in [2.05, 4.69) is 10.2 Å². The molecule has 0 radical (unpaired) electrons. The molecule has 1 fully saturated rings. The zero-order chi connectivity index (χ0) is 13.3. The lowest BCUT2D eigenvalue weighted by atomic mass is 10.3. The van der Waals surface area contributed by atoms with E-state index < -0.39 is 10.0 Å². The normalized spacial score (nSPS) is 22.3. The van der Waals surface area contributed by atoms with Gasteiger partial charge in [-0.15, -0.1) is 0 Å². The first-order valence-electron chi connectivity index (χ1n) is 5.72. The molecule has 0 bridgehead atoms. The number of H-pyrrole nitrogens is 1. The van der Waals surface area contributed by atoms with Crippen molar-refractivity contribution < 1.29 is 18.3 Å². The van der Waals surface area contributed by atoms with Gasteiger partial charge in [0.25, 0.3) is 10.0 Å². The molecule has 0 aliphatic carbocycles. The minimum absolute atomic E-state index is 0.0868. The van der Waals surface area contributed by atoms with Crippen LogP contribution in [0.5, 0.6) is 0 Å². The summed E-state index contributed by atoms with van der Waals surface area (Å²) in [6.07, 6.45) is 0. The number of aryl methyl sites for hydroxylation is 1. The van der Waals surface area contributed by atoms with Crippen LogP contribution in [0.2, 0.25) is 0 Å². The summed E-state index contributed by atoms with van der Waals surface area (Å²) < 4.78 is 31.5. The van der Waals surface area contributed by atoms with Crippen molar-refractivity contribution in [2.45, 2.75) is 31.5 Å². The van der Waals surface area contributed by atoms with Gasteiger partial charge in [-0.1, -0.05) is 0 Å². The molecule has 0 spiro atoms. The number of rotatable bonds is 3. The van der Waals surface area contributed by atoms with E-state index in [4.69, 9.17) is 4.74 Å². The number of ether oxygens (including phenoxy) is 1. The first kappa shape index (κ1) is 13.5. The van der Waals surface area contributed by atoms with Crippen LogP contribution in [0, 0.1) is 6.92 Å². The molecule has 2 rings (SSSR count). The number of nitrogens with one attached hydrogen (secondary N) is 1. The Kier molecular flexibility index (Phi) is 3.71. The van der Waals surface area contributed by atoms with Crippen LogP contribution in [-0.4, -0.2) is 53.8 Å². The lowest BCUT2D eigenvalue weighted by Crippen LogP contribution is -2.47. The summed E-state index contributed by atoms with van der Waals surface area (Å²) in [6, 6.07) is -0.229.